The quantitative estimate of drug-likeness (QED) is 0.600. The Labute approximate surface area is 74.3 Å². The van der Waals surface area contributed by atoms with Gasteiger partial charge in [0.05, 0.1) is 0 Å². The summed E-state index contributed by atoms with van der Waals surface area (Å²) in [6.45, 7) is 4.25. The lowest BCUT2D eigenvalue weighted by atomic mass is 10.4. The molecule has 1 fully saturated rings. The van der Waals surface area contributed by atoms with Crippen molar-refractivity contribution in [3.05, 3.63) is 0 Å². The van der Waals surface area contributed by atoms with Gasteiger partial charge in [-0.3, -0.25) is 4.79 Å². The van der Waals surface area contributed by atoms with E-state index in [9.17, 15) is 4.79 Å². The number of thioether (sulfide) groups is 2. The number of hydrogen-bond donors (Lipinski definition) is 0. The second-order valence-electron chi connectivity index (χ2n) is 2.32. The van der Waals surface area contributed by atoms with Crippen molar-refractivity contribution in [1.29, 1.82) is 0 Å². The highest BCUT2D eigenvalue weighted by Crippen LogP contribution is 2.43. The van der Waals surface area contributed by atoms with Crippen molar-refractivity contribution >= 4 is 40.4 Å². The lowest BCUT2D eigenvalue weighted by Gasteiger charge is -2.02. The lowest BCUT2D eigenvalue weighted by molar-refractivity contribution is -0.110. The number of halogens is 1. The molecule has 1 rings (SSSR count). The predicted molar refractivity (Wildman–Crippen MR) is 48.8 cm³/mol. The van der Waals surface area contributed by atoms with Crippen molar-refractivity contribution in [2.75, 3.05) is 0 Å². The fourth-order valence-corrected chi connectivity index (χ4v) is 4.19. The van der Waals surface area contributed by atoms with E-state index >= 15 is 0 Å². The molecule has 0 aliphatic carbocycles. The highest BCUT2D eigenvalue weighted by Gasteiger charge is 2.33. The molecule has 0 aromatic heterocycles. The van der Waals surface area contributed by atoms with Crippen molar-refractivity contribution in [2.24, 2.45) is 0 Å². The van der Waals surface area contributed by atoms with Crippen LogP contribution < -0.4 is 0 Å². The third kappa shape index (κ3) is 1.83. The molecule has 1 saturated heterocycles. The van der Waals surface area contributed by atoms with E-state index in [1.807, 2.05) is 0 Å². The Bertz CT molecular complexity index is 141. The van der Waals surface area contributed by atoms with Crippen LogP contribution in [0.15, 0.2) is 0 Å². The van der Waals surface area contributed by atoms with Gasteiger partial charge in [0.15, 0.2) is 0 Å². The van der Waals surface area contributed by atoms with E-state index < -0.39 is 0 Å². The monoisotopic (exact) mass is 196 g/mol. The first kappa shape index (κ1) is 8.75. The fourth-order valence-electron chi connectivity index (χ4n) is 0.750. The molecular formula is C6H9ClOS2. The normalized spacial score (nSPS) is 40.1. The van der Waals surface area contributed by atoms with Crippen LogP contribution in [0, 0.1) is 0 Å². The third-order valence-electron chi connectivity index (χ3n) is 1.52. The Morgan fingerprint density at radius 3 is 1.90 bits per heavy atom. The zero-order valence-corrected chi connectivity index (χ0v) is 8.22. The molecule has 0 bridgehead atoms. The van der Waals surface area contributed by atoms with Gasteiger partial charge in [-0.1, -0.05) is 13.8 Å². The molecule has 0 saturated carbocycles. The zero-order valence-electron chi connectivity index (χ0n) is 5.83. The van der Waals surface area contributed by atoms with Gasteiger partial charge in [0, 0.05) is 10.5 Å². The first-order valence-corrected chi connectivity index (χ1v) is 5.38. The van der Waals surface area contributed by atoms with Crippen LogP contribution >= 0.6 is 35.1 Å². The molecule has 10 heavy (non-hydrogen) atoms. The average molecular weight is 197 g/mol. The van der Waals surface area contributed by atoms with Gasteiger partial charge in [-0.05, 0) is 11.6 Å². The van der Waals surface area contributed by atoms with Gasteiger partial charge >= 0.3 is 0 Å². The molecule has 0 radical (unpaired) electrons. The van der Waals surface area contributed by atoms with Gasteiger partial charge in [0.25, 0.3) is 0 Å². The van der Waals surface area contributed by atoms with Crippen LogP contribution in [0.5, 0.6) is 0 Å². The molecule has 0 amide bonds. The maximum Gasteiger partial charge on any atom is 0.244 e. The Balaban J connectivity index is 2.49. The van der Waals surface area contributed by atoms with Crippen LogP contribution in [0.4, 0.5) is 0 Å². The summed E-state index contributed by atoms with van der Waals surface area (Å²) < 4.78 is -0.0216. The van der Waals surface area contributed by atoms with Crippen molar-refractivity contribution in [1.82, 2.24) is 0 Å². The molecule has 1 aliphatic heterocycles. The number of carbonyl (C=O) groups is 1. The van der Waals surface area contributed by atoms with E-state index in [1.54, 1.807) is 23.5 Å². The summed E-state index contributed by atoms with van der Waals surface area (Å²) in [5.41, 5.74) is 0. The van der Waals surface area contributed by atoms with Crippen LogP contribution in [0.1, 0.15) is 13.8 Å². The first-order valence-electron chi connectivity index (χ1n) is 3.11. The van der Waals surface area contributed by atoms with E-state index in [2.05, 4.69) is 13.8 Å². The van der Waals surface area contributed by atoms with E-state index in [1.165, 1.54) is 0 Å². The van der Waals surface area contributed by atoms with Crippen molar-refractivity contribution in [3.63, 3.8) is 0 Å². The average Bonchev–Trinajstić information content (AvgIpc) is 2.13. The van der Waals surface area contributed by atoms with Gasteiger partial charge < -0.3 is 0 Å². The number of rotatable bonds is 1. The van der Waals surface area contributed by atoms with Gasteiger partial charge in [0.1, 0.15) is 4.58 Å². The Morgan fingerprint density at radius 2 is 1.70 bits per heavy atom. The van der Waals surface area contributed by atoms with Gasteiger partial charge in [-0.15, -0.1) is 23.5 Å². The maximum atomic E-state index is 10.7. The smallest absolute Gasteiger partial charge is 0.244 e. The van der Waals surface area contributed by atoms with Gasteiger partial charge in [0.2, 0.25) is 5.24 Å². The summed E-state index contributed by atoms with van der Waals surface area (Å²) >= 11 is 8.66. The van der Waals surface area contributed by atoms with E-state index in [-0.39, 0.29) is 9.82 Å². The summed E-state index contributed by atoms with van der Waals surface area (Å²) in [6, 6.07) is 0. The van der Waals surface area contributed by atoms with Crippen molar-refractivity contribution in [3.8, 4) is 0 Å². The molecule has 1 heterocycles. The Hall–Kier alpha value is 0.660. The molecule has 1 aliphatic rings. The summed E-state index contributed by atoms with van der Waals surface area (Å²) in [4.78, 5) is 10.7. The molecule has 2 unspecified atom stereocenters. The second kappa shape index (κ2) is 3.37. The minimum absolute atomic E-state index is 0.0216. The standard InChI is InChI=1S/C6H9ClOS2/c1-3-4(2)10-6(9-3)5(7)8/h3-4,6H,1-2H3. The minimum atomic E-state index is -0.216. The summed E-state index contributed by atoms with van der Waals surface area (Å²) in [7, 11) is 0. The maximum absolute atomic E-state index is 10.7. The predicted octanol–water partition coefficient (Wildman–Crippen LogP) is 2.33. The molecule has 58 valence electrons. The van der Waals surface area contributed by atoms with Crippen LogP contribution in [0.25, 0.3) is 0 Å². The van der Waals surface area contributed by atoms with E-state index in [0.29, 0.717) is 10.5 Å². The van der Waals surface area contributed by atoms with Gasteiger partial charge in [-0.25, -0.2) is 0 Å². The molecule has 4 heteroatoms. The van der Waals surface area contributed by atoms with E-state index in [4.69, 9.17) is 11.6 Å². The first-order chi connectivity index (χ1) is 4.61. The summed E-state index contributed by atoms with van der Waals surface area (Å²) in [5.74, 6) is 0. The van der Waals surface area contributed by atoms with E-state index in [0.717, 1.165) is 0 Å². The molecule has 2 atom stereocenters. The van der Waals surface area contributed by atoms with Crippen molar-refractivity contribution in [2.45, 2.75) is 28.9 Å². The molecule has 0 N–H and O–H groups in total. The molecular weight excluding hydrogens is 188 g/mol. The third-order valence-corrected chi connectivity index (χ3v) is 5.44. The van der Waals surface area contributed by atoms with Crippen LogP contribution in [0.2, 0.25) is 0 Å². The number of hydrogen-bond acceptors (Lipinski definition) is 3. The second-order valence-corrected chi connectivity index (χ2v) is 5.96. The SMILES string of the molecule is CC1SC(C(=O)Cl)SC1C. The van der Waals surface area contributed by atoms with Crippen LogP contribution in [-0.2, 0) is 4.79 Å². The van der Waals surface area contributed by atoms with Crippen LogP contribution in [-0.4, -0.2) is 20.3 Å². The molecule has 0 aromatic carbocycles. The minimum Gasteiger partial charge on any atom is -0.279 e. The van der Waals surface area contributed by atoms with Crippen LogP contribution in [0.3, 0.4) is 0 Å². The topological polar surface area (TPSA) is 17.1 Å². The zero-order chi connectivity index (χ0) is 7.72. The summed E-state index contributed by atoms with van der Waals surface area (Å²) in [5, 5.41) is 0.890. The summed E-state index contributed by atoms with van der Waals surface area (Å²) in [6.07, 6.45) is 0. The van der Waals surface area contributed by atoms with Gasteiger partial charge in [-0.2, -0.15) is 0 Å². The molecule has 0 aromatic rings. The largest absolute Gasteiger partial charge is 0.279 e. The molecule has 0 spiro atoms. The molecule has 1 nitrogen and oxygen atoms in total. The highest BCUT2D eigenvalue weighted by atomic mass is 35.5. The Kier molecular flexibility index (Phi) is 2.95. The Morgan fingerprint density at radius 1 is 1.30 bits per heavy atom. The highest BCUT2D eigenvalue weighted by molar-refractivity contribution is 8.22. The lowest BCUT2D eigenvalue weighted by Crippen LogP contribution is -2.04. The fraction of sp³-hybridized carbons (Fsp3) is 0.833. The van der Waals surface area contributed by atoms with Crippen molar-refractivity contribution < 1.29 is 4.79 Å². The number of carbonyl (C=O) groups excluding carboxylic acids is 1.